The van der Waals surface area contributed by atoms with Crippen LogP contribution >= 0.6 is 27.3 Å². The van der Waals surface area contributed by atoms with Crippen molar-refractivity contribution in [1.82, 2.24) is 0 Å². The topological polar surface area (TPSA) is 17.1 Å². The van der Waals surface area contributed by atoms with Crippen LogP contribution in [0.25, 0.3) is 10.1 Å². The first-order valence-corrected chi connectivity index (χ1v) is 5.16. The largest absolute Gasteiger partial charge is 0.297 e. The van der Waals surface area contributed by atoms with E-state index in [0.29, 0.717) is 14.0 Å². The van der Waals surface area contributed by atoms with Gasteiger partial charge in [-0.15, -0.1) is 11.3 Å². The normalized spacial score (nSPS) is 10.6. The molecule has 0 bridgehead atoms. The van der Waals surface area contributed by atoms with Crippen LogP contribution < -0.4 is 0 Å². The molecule has 13 heavy (non-hydrogen) atoms. The van der Waals surface area contributed by atoms with Gasteiger partial charge in [-0.2, -0.15) is 0 Å². The highest BCUT2D eigenvalue weighted by molar-refractivity contribution is 9.10. The van der Waals surface area contributed by atoms with Crippen molar-refractivity contribution < 1.29 is 9.18 Å². The quantitative estimate of drug-likeness (QED) is 0.715. The molecule has 0 fully saturated rings. The Kier molecular flexibility index (Phi) is 2.17. The van der Waals surface area contributed by atoms with Gasteiger partial charge in [-0.25, -0.2) is 4.39 Å². The number of thiophene rings is 1. The monoisotopic (exact) mass is 258 g/mol. The Morgan fingerprint density at radius 3 is 2.85 bits per heavy atom. The summed E-state index contributed by atoms with van der Waals surface area (Å²) in [6.45, 7) is 0. The Balaban J connectivity index is 2.91. The van der Waals surface area contributed by atoms with E-state index in [1.165, 1.54) is 6.07 Å². The van der Waals surface area contributed by atoms with E-state index >= 15 is 0 Å². The smallest absolute Gasteiger partial charge is 0.161 e. The number of hydrogen-bond acceptors (Lipinski definition) is 2. The standard InChI is InChI=1S/C9H4BrFOS/c10-8-5-2-1-3-6(11)9(5)13-7(8)4-12/h1-4H. The van der Waals surface area contributed by atoms with Gasteiger partial charge in [0.2, 0.25) is 0 Å². The van der Waals surface area contributed by atoms with E-state index in [2.05, 4.69) is 15.9 Å². The molecule has 2 rings (SSSR count). The zero-order valence-corrected chi connectivity index (χ0v) is 8.78. The van der Waals surface area contributed by atoms with Crippen LogP contribution in [0.3, 0.4) is 0 Å². The molecule has 0 radical (unpaired) electrons. The summed E-state index contributed by atoms with van der Waals surface area (Å²) in [6, 6.07) is 4.80. The second kappa shape index (κ2) is 3.20. The van der Waals surface area contributed by atoms with E-state index < -0.39 is 0 Å². The number of halogens is 2. The summed E-state index contributed by atoms with van der Waals surface area (Å²) < 4.78 is 14.4. The van der Waals surface area contributed by atoms with E-state index in [4.69, 9.17) is 0 Å². The minimum absolute atomic E-state index is 0.281. The van der Waals surface area contributed by atoms with E-state index in [-0.39, 0.29) is 5.82 Å². The number of rotatable bonds is 1. The maximum atomic E-state index is 13.2. The Bertz CT molecular complexity index is 478. The summed E-state index contributed by atoms with van der Waals surface area (Å²) in [4.78, 5) is 11.1. The summed E-state index contributed by atoms with van der Waals surface area (Å²) in [7, 11) is 0. The van der Waals surface area contributed by atoms with Crippen LogP contribution in [0.2, 0.25) is 0 Å². The Morgan fingerprint density at radius 1 is 1.46 bits per heavy atom. The molecule has 0 aliphatic carbocycles. The van der Waals surface area contributed by atoms with Crippen LogP contribution in [0.4, 0.5) is 4.39 Å². The fourth-order valence-electron chi connectivity index (χ4n) is 1.15. The number of fused-ring (bicyclic) bond motifs is 1. The lowest BCUT2D eigenvalue weighted by Crippen LogP contribution is -1.71. The maximum absolute atomic E-state index is 13.2. The van der Waals surface area contributed by atoms with Crippen LogP contribution in [-0.2, 0) is 0 Å². The molecule has 0 aliphatic rings. The van der Waals surface area contributed by atoms with Crippen LogP contribution in [0.1, 0.15) is 9.67 Å². The van der Waals surface area contributed by atoms with Crippen molar-refractivity contribution in [3.63, 3.8) is 0 Å². The van der Waals surface area contributed by atoms with Gasteiger partial charge in [-0.05, 0) is 22.0 Å². The molecular weight excluding hydrogens is 255 g/mol. The fraction of sp³-hybridized carbons (Fsp3) is 0. The van der Waals surface area contributed by atoms with Gasteiger partial charge >= 0.3 is 0 Å². The molecule has 0 amide bonds. The molecule has 0 spiro atoms. The van der Waals surface area contributed by atoms with E-state index in [9.17, 15) is 9.18 Å². The van der Waals surface area contributed by atoms with Crippen molar-refractivity contribution in [3.05, 3.63) is 33.4 Å². The SMILES string of the molecule is O=Cc1sc2c(F)cccc2c1Br. The predicted octanol–water partition coefficient (Wildman–Crippen LogP) is 3.62. The van der Waals surface area contributed by atoms with Crippen LogP contribution in [0.15, 0.2) is 22.7 Å². The van der Waals surface area contributed by atoms with Crippen LogP contribution in [-0.4, -0.2) is 6.29 Å². The average molecular weight is 259 g/mol. The Hall–Kier alpha value is -0.740. The predicted molar refractivity (Wildman–Crippen MR) is 54.9 cm³/mol. The second-order valence-electron chi connectivity index (χ2n) is 2.51. The van der Waals surface area contributed by atoms with Gasteiger partial charge < -0.3 is 0 Å². The lowest BCUT2D eigenvalue weighted by atomic mass is 10.2. The van der Waals surface area contributed by atoms with Crippen LogP contribution in [0, 0.1) is 5.82 Å². The maximum Gasteiger partial charge on any atom is 0.161 e. The summed E-state index contributed by atoms with van der Waals surface area (Å²) in [6.07, 6.45) is 0.730. The molecule has 0 saturated heterocycles. The molecule has 0 N–H and O–H groups in total. The third kappa shape index (κ3) is 1.30. The van der Waals surface area contributed by atoms with Gasteiger partial charge in [0, 0.05) is 9.86 Å². The van der Waals surface area contributed by atoms with Crippen LogP contribution in [0.5, 0.6) is 0 Å². The average Bonchev–Trinajstić information content (AvgIpc) is 2.45. The van der Waals surface area contributed by atoms with Gasteiger partial charge in [0.1, 0.15) is 5.82 Å². The molecule has 0 unspecified atom stereocenters. The molecule has 1 heterocycles. The zero-order chi connectivity index (χ0) is 9.42. The van der Waals surface area contributed by atoms with E-state index in [0.717, 1.165) is 23.0 Å². The molecule has 4 heteroatoms. The Labute approximate surface area is 86.3 Å². The van der Waals surface area contributed by atoms with Crippen molar-refractivity contribution in [2.75, 3.05) is 0 Å². The van der Waals surface area contributed by atoms with E-state index in [1.54, 1.807) is 12.1 Å². The highest BCUT2D eigenvalue weighted by atomic mass is 79.9. The van der Waals surface area contributed by atoms with Gasteiger partial charge in [-0.3, -0.25) is 4.79 Å². The first-order chi connectivity index (χ1) is 6.24. The lowest BCUT2D eigenvalue weighted by molar-refractivity contribution is 0.112. The highest BCUT2D eigenvalue weighted by Gasteiger charge is 2.11. The van der Waals surface area contributed by atoms with Gasteiger partial charge in [0.05, 0.1) is 9.58 Å². The molecule has 0 aliphatic heterocycles. The Morgan fingerprint density at radius 2 is 2.23 bits per heavy atom. The van der Waals surface area contributed by atoms with Gasteiger partial charge in [0.15, 0.2) is 6.29 Å². The number of hydrogen-bond donors (Lipinski definition) is 0. The van der Waals surface area contributed by atoms with Crippen molar-refractivity contribution in [3.8, 4) is 0 Å². The zero-order valence-electron chi connectivity index (χ0n) is 6.38. The third-order valence-corrected chi connectivity index (χ3v) is 3.99. The summed E-state index contributed by atoms with van der Waals surface area (Å²) in [5.41, 5.74) is 0. The van der Waals surface area contributed by atoms with Crippen molar-refractivity contribution in [1.29, 1.82) is 0 Å². The highest BCUT2D eigenvalue weighted by Crippen LogP contribution is 2.35. The molecule has 1 aromatic carbocycles. The van der Waals surface area contributed by atoms with Gasteiger partial charge in [0.25, 0.3) is 0 Å². The number of carbonyl (C=O) groups excluding carboxylic acids is 1. The fourth-order valence-corrected chi connectivity index (χ4v) is 2.86. The number of aldehydes is 1. The molecule has 2 aromatic rings. The summed E-state index contributed by atoms with van der Waals surface area (Å²) >= 11 is 4.42. The third-order valence-electron chi connectivity index (χ3n) is 1.74. The van der Waals surface area contributed by atoms with Gasteiger partial charge in [-0.1, -0.05) is 12.1 Å². The number of carbonyl (C=O) groups is 1. The number of benzene rings is 1. The van der Waals surface area contributed by atoms with Crippen molar-refractivity contribution >= 4 is 43.6 Å². The first-order valence-electron chi connectivity index (χ1n) is 3.55. The van der Waals surface area contributed by atoms with Crippen molar-refractivity contribution in [2.45, 2.75) is 0 Å². The molecule has 1 nitrogen and oxygen atoms in total. The minimum Gasteiger partial charge on any atom is -0.297 e. The van der Waals surface area contributed by atoms with Crippen molar-refractivity contribution in [2.24, 2.45) is 0 Å². The molecule has 0 saturated carbocycles. The second-order valence-corrected chi connectivity index (χ2v) is 4.36. The van der Waals surface area contributed by atoms with E-state index in [1.807, 2.05) is 0 Å². The molecule has 66 valence electrons. The minimum atomic E-state index is -0.281. The molecule has 1 aromatic heterocycles. The first kappa shape index (κ1) is 8.84. The molecule has 0 atom stereocenters. The summed E-state index contributed by atoms with van der Waals surface area (Å²) in [5, 5.41) is 0.757. The lowest BCUT2D eigenvalue weighted by Gasteiger charge is -1.90. The molecular formula is C9H4BrFOS. The summed E-state index contributed by atoms with van der Waals surface area (Å²) in [5.74, 6) is -0.281.